The smallest absolute Gasteiger partial charge is 0.340 e. The highest BCUT2D eigenvalue weighted by atomic mass is 16.1. The summed E-state index contributed by atoms with van der Waals surface area (Å²) in [5, 5.41) is 6.31. The van der Waals surface area contributed by atoms with Crippen LogP contribution in [0.1, 0.15) is 17.0 Å². The summed E-state index contributed by atoms with van der Waals surface area (Å²) in [7, 11) is 0. The van der Waals surface area contributed by atoms with Gasteiger partial charge in [0.1, 0.15) is 5.69 Å². The van der Waals surface area contributed by atoms with Gasteiger partial charge in [0.05, 0.1) is 12.2 Å². The molecule has 2 aromatic carbocycles. The summed E-state index contributed by atoms with van der Waals surface area (Å²) < 4.78 is 1.91. The highest BCUT2D eigenvalue weighted by Gasteiger charge is 2.13. The van der Waals surface area contributed by atoms with Crippen molar-refractivity contribution in [1.82, 2.24) is 29.7 Å². The van der Waals surface area contributed by atoms with Crippen molar-refractivity contribution in [2.24, 2.45) is 0 Å². The summed E-state index contributed by atoms with van der Waals surface area (Å²) in [5.41, 5.74) is 7.24. The Labute approximate surface area is 172 Å². The minimum absolute atomic E-state index is 0.314. The average Bonchev–Trinajstić information content (AvgIpc) is 3.36. The van der Waals surface area contributed by atoms with E-state index in [1.54, 1.807) is 0 Å². The van der Waals surface area contributed by atoms with Crippen molar-refractivity contribution >= 4 is 0 Å². The number of benzene rings is 2. The molecule has 0 amide bonds. The van der Waals surface area contributed by atoms with Crippen molar-refractivity contribution < 1.29 is 0 Å². The monoisotopic (exact) mass is 396 g/mol. The number of H-pyrrole nitrogens is 2. The van der Waals surface area contributed by atoms with Gasteiger partial charge in [-0.15, -0.1) is 0 Å². The van der Waals surface area contributed by atoms with E-state index in [4.69, 9.17) is 0 Å². The van der Waals surface area contributed by atoms with Crippen molar-refractivity contribution in [1.29, 1.82) is 0 Å². The number of rotatable bonds is 4. The van der Waals surface area contributed by atoms with Crippen LogP contribution in [0.4, 0.5) is 0 Å². The molecule has 0 aliphatic carbocycles. The predicted molar refractivity (Wildman–Crippen MR) is 115 cm³/mol. The molecule has 1 aromatic heterocycles. The molecule has 5 rings (SSSR count). The van der Waals surface area contributed by atoms with Gasteiger partial charge in [-0.3, -0.25) is 4.98 Å². The third-order valence-electron chi connectivity index (χ3n) is 5.29. The first kappa shape index (κ1) is 18.1. The Morgan fingerprint density at radius 3 is 2.33 bits per heavy atom. The molecule has 2 aliphatic rings. The predicted octanol–water partition coefficient (Wildman–Crippen LogP) is 3.79. The molecule has 30 heavy (non-hydrogen) atoms. The summed E-state index contributed by atoms with van der Waals surface area (Å²) in [4.78, 5) is 23.2. The summed E-state index contributed by atoms with van der Waals surface area (Å²) in [6.07, 6.45) is 3.80. The Morgan fingerprint density at radius 1 is 0.867 bits per heavy atom. The number of imidazole rings is 1. The van der Waals surface area contributed by atoms with Crippen molar-refractivity contribution in [3.05, 3.63) is 88.4 Å². The molecular formula is C23H20N6O. The molecule has 7 heteroatoms. The van der Waals surface area contributed by atoms with Gasteiger partial charge in [0, 0.05) is 18.0 Å². The van der Waals surface area contributed by atoms with Crippen LogP contribution < -0.4 is 5.69 Å². The van der Waals surface area contributed by atoms with Gasteiger partial charge in [-0.25, -0.2) is 19.9 Å². The van der Waals surface area contributed by atoms with Gasteiger partial charge in [-0.2, -0.15) is 5.10 Å². The van der Waals surface area contributed by atoms with Crippen molar-refractivity contribution in [2.75, 3.05) is 0 Å². The second-order valence-corrected chi connectivity index (χ2v) is 7.44. The van der Waals surface area contributed by atoms with Crippen molar-refractivity contribution in [3.63, 3.8) is 0 Å². The zero-order valence-electron chi connectivity index (χ0n) is 16.7. The second kappa shape index (κ2) is 7.11. The minimum Gasteiger partial charge on any atom is -0.344 e. The van der Waals surface area contributed by atoms with Crippen LogP contribution in [0.25, 0.3) is 33.9 Å². The second-order valence-electron chi connectivity index (χ2n) is 7.44. The number of aromatic amines is 2. The highest BCUT2D eigenvalue weighted by Crippen LogP contribution is 2.28. The Hall–Kier alpha value is -4.00. The molecule has 0 unspecified atom stereocenters. The fraction of sp³-hybridized carbons (Fsp3) is 0.130. The molecule has 0 saturated heterocycles. The molecular weight excluding hydrogens is 376 g/mol. The van der Waals surface area contributed by atoms with E-state index in [0.717, 1.165) is 17.0 Å². The quantitative estimate of drug-likeness (QED) is 0.483. The van der Waals surface area contributed by atoms with Crippen LogP contribution in [0.15, 0.2) is 65.7 Å². The number of aryl methyl sites for hydroxylation is 2. The first-order valence-electron chi connectivity index (χ1n) is 9.70. The van der Waals surface area contributed by atoms with E-state index in [-0.39, 0.29) is 5.69 Å². The third kappa shape index (κ3) is 3.41. The van der Waals surface area contributed by atoms with Crippen LogP contribution in [-0.2, 0) is 6.54 Å². The summed E-state index contributed by atoms with van der Waals surface area (Å²) in [6, 6.07) is 16.8. The van der Waals surface area contributed by atoms with E-state index < -0.39 is 0 Å². The maximum Gasteiger partial charge on any atom is 0.340 e. The summed E-state index contributed by atoms with van der Waals surface area (Å²) in [5.74, 6) is 1.26. The molecule has 0 fully saturated rings. The molecule has 0 bridgehead atoms. The van der Waals surface area contributed by atoms with Gasteiger partial charge in [0.25, 0.3) is 0 Å². The fourth-order valence-electron chi connectivity index (χ4n) is 3.47. The van der Waals surface area contributed by atoms with Gasteiger partial charge < -0.3 is 4.57 Å². The SMILES string of the molecule is Cc1ccc(-c2ccc(-c3nc4ccn(Cc5n[nH]c(=O)[nH]5)cc-4n3)cc2)cc1C. The van der Waals surface area contributed by atoms with Crippen molar-refractivity contribution in [2.45, 2.75) is 20.4 Å². The fourth-order valence-corrected chi connectivity index (χ4v) is 3.47. The lowest BCUT2D eigenvalue weighted by Crippen LogP contribution is -2.05. The topological polar surface area (TPSA) is 92.2 Å². The van der Waals surface area contributed by atoms with Crippen LogP contribution in [-0.4, -0.2) is 29.7 Å². The van der Waals surface area contributed by atoms with Crippen LogP contribution in [0.2, 0.25) is 0 Å². The van der Waals surface area contributed by atoms with E-state index in [9.17, 15) is 4.79 Å². The number of nitrogens with zero attached hydrogens (tertiary/aromatic N) is 4. The molecule has 3 aromatic rings. The number of nitrogens with one attached hydrogen (secondary N) is 2. The van der Waals surface area contributed by atoms with Crippen LogP contribution in [0.3, 0.4) is 0 Å². The zero-order valence-corrected chi connectivity index (χ0v) is 16.7. The molecule has 148 valence electrons. The first-order chi connectivity index (χ1) is 14.5. The number of hydrogen-bond donors (Lipinski definition) is 2. The standard InChI is InChI=1S/C23H20N6O/c1-14-3-4-18(11-15(14)2)16-5-7-17(8-6-16)22-24-19-9-10-29(12-20(19)25-22)13-21-26-23(30)28-27-21/h3-12H,13H2,1-2H3,(H2,26,27,28,30). The number of pyridine rings is 1. The largest absolute Gasteiger partial charge is 0.344 e. The Bertz CT molecular complexity index is 1360. The van der Waals surface area contributed by atoms with Gasteiger partial charge in [0.15, 0.2) is 11.6 Å². The molecule has 0 atom stereocenters. The molecule has 2 aliphatic heterocycles. The van der Waals surface area contributed by atoms with Crippen LogP contribution in [0.5, 0.6) is 0 Å². The first-order valence-corrected chi connectivity index (χ1v) is 9.70. The molecule has 2 N–H and O–H groups in total. The molecule has 0 spiro atoms. The number of aromatic nitrogens is 6. The Morgan fingerprint density at radius 2 is 1.60 bits per heavy atom. The highest BCUT2D eigenvalue weighted by molar-refractivity contribution is 5.71. The van der Waals surface area contributed by atoms with E-state index in [1.807, 2.05) is 23.0 Å². The lowest BCUT2D eigenvalue weighted by Gasteiger charge is -2.06. The van der Waals surface area contributed by atoms with E-state index >= 15 is 0 Å². The maximum atomic E-state index is 11.2. The van der Waals surface area contributed by atoms with Gasteiger partial charge in [0.2, 0.25) is 0 Å². The molecule has 0 radical (unpaired) electrons. The zero-order chi connectivity index (χ0) is 20.7. The summed E-state index contributed by atoms with van der Waals surface area (Å²) >= 11 is 0. The van der Waals surface area contributed by atoms with Crippen LogP contribution in [0, 0.1) is 13.8 Å². The lowest BCUT2D eigenvalue weighted by molar-refractivity contribution is 0.741. The van der Waals surface area contributed by atoms with Crippen LogP contribution >= 0.6 is 0 Å². The minimum atomic E-state index is -0.314. The molecule has 3 heterocycles. The lowest BCUT2D eigenvalue weighted by atomic mass is 9.99. The number of fused-ring (bicyclic) bond motifs is 1. The maximum absolute atomic E-state index is 11.2. The van der Waals surface area contributed by atoms with E-state index in [0.29, 0.717) is 18.2 Å². The van der Waals surface area contributed by atoms with Crippen molar-refractivity contribution in [3.8, 4) is 33.9 Å². The van der Waals surface area contributed by atoms with Gasteiger partial charge in [-0.05, 0) is 42.2 Å². The van der Waals surface area contributed by atoms with E-state index in [1.165, 1.54) is 22.3 Å². The summed E-state index contributed by atoms with van der Waals surface area (Å²) in [6.45, 7) is 4.70. The Balaban J connectivity index is 1.42. The van der Waals surface area contributed by atoms with E-state index in [2.05, 4.69) is 81.5 Å². The number of hydrogen-bond acceptors (Lipinski definition) is 4. The molecule has 7 nitrogen and oxygen atoms in total. The van der Waals surface area contributed by atoms with Gasteiger partial charge >= 0.3 is 5.69 Å². The molecule has 0 saturated carbocycles. The third-order valence-corrected chi connectivity index (χ3v) is 5.29. The Kier molecular flexibility index (Phi) is 4.28. The van der Waals surface area contributed by atoms with Gasteiger partial charge in [-0.1, -0.05) is 42.5 Å². The normalized spacial score (nSPS) is 11.3. The average molecular weight is 396 g/mol.